The third kappa shape index (κ3) is 21.2. The normalized spacial score (nSPS) is 10.9. The van der Waals surface area contributed by atoms with Gasteiger partial charge in [0.05, 0.1) is 72.7 Å². The zero-order valence-electron chi connectivity index (χ0n) is 14.3. The van der Waals surface area contributed by atoms with Crippen molar-refractivity contribution in [3.63, 3.8) is 0 Å². The van der Waals surface area contributed by atoms with E-state index in [0.29, 0.717) is 79.2 Å². The first-order valence-corrected chi connectivity index (χ1v) is 7.89. The molecule has 0 bridgehead atoms. The van der Waals surface area contributed by atoms with Crippen LogP contribution in [0.15, 0.2) is 0 Å². The highest BCUT2D eigenvalue weighted by molar-refractivity contribution is 5.72. The van der Waals surface area contributed by atoms with Gasteiger partial charge in [0, 0.05) is 20.6 Å². The summed E-state index contributed by atoms with van der Waals surface area (Å²) in [5, 5.41) is 2.65. The molecule has 23 heavy (non-hydrogen) atoms. The third-order valence-electron chi connectivity index (χ3n) is 2.54. The predicted molar refractivity (Wildman–Crippen MR) is 84.7 cm³/mol. The highest BCUT2D eigenvalue weighted by Gasteiger charge is 1.94. The van der Waals surface area contributed by atoms with Gasteiger partial charge in [-0.2, -0.15) is 0 Å². The van der Waals surface area contributed by atoms with Crippen molar-refractivity contribution in [3.8, 4) is 0 Å². The Balaban J connectivity index is 2.96. The number of methoxy groups -OCH3 is 1. The minimum Gasteiger partial charge on any atom is -0.382 e. The molecule has 0 aromatic carbocycles. The molecule has 138 valence electrons. The minimum atomic E-state index is -0.0513. The quantitative estimate of drug-likeness (QED) is 0.348. The van der Waals surface area contributed by atoms with Crippen LogP contribution >= 0.6 is 0 Å². The van der Waals surface area contributed by atoms with Crippen LogP contribution in [0.2, 0.25) is 0 Å². The van der Waals surface area contributed by atoms with Gasteiger partial charge in [-0.05, 0) is 0 Å². The van der Waals surface area contributed by atoms with Crippen LogP contribution in [0.4, 0.5) is 0 Å². The predicted octanol–water partition coefficient (Wildman–Crippen LogP) is -0.148. The Bertz CT molecular complexity index is 254. The molecule has 0 radical (unpaired) electrons. The lowest BCUT2D eigenvalue weighted by atomic mass is 10.6. The van der Waals surface area contributed by atoms with Crippen molar-refractivity contribution in [3.05, 3.63) is 0 Å². The number of amides is 1. The van der Waals surface area contributed by atoms with Gasteiger partial charge in [0.25, 0.3) is 0 Å². The Morgan fingerprint density at radius 1 is 0.652 bits per heavy atom. The smallest absolute Gasteiger partial charge is 0.216 e. The van der Waals surface area contributed by atoms with E-state index < -0.39 is 0 Å². The first-order chi connectivity index (χ1) is 11.3. The third-order valence-corrected chi connectivity index (χ3v) is 2.54. The largest absolute Gasteiger partial charge is 0.382 e. The summed E-state index contributed by atoms with van der Waals surface area (Å²) in [6, 6.07) is 0. The maximum absolute atomic E-state index is 10.6. The first kappa shape index (κ1) is 22.2. The zero-order valence-corrected chi connectivity index (χ0v) is 14.3. The van der Waals surface area contributed by atoms with Crippen LogP contribution in [0.3, 0.4) is 0 Å². The first-order valence-electron chi connectivity index (χ1n) is 7.89. The van der Waals surface area contributed by atoms with Crippen LogP contribution in [0.5, 0.6) is 0 Å². The van der Waals surface area contributed by atoms with Crippen molar-refractivity contribution >= 4 is 5.91 Å². The molecule has 0 aliphatic heterocycles. The Labute approximate surface area is 138 Å². The SMILES string of the molecule is COCCOCCOCCOCCOCCOCCNC(C)=O. The highest BCUT2D eigenvalue weighted by atomic mass is 16.6. The monoisotopic (exact) mass is 337 g/mol. The molecule has 8 nitrogen and oxygen atoms in total. The summed E-state index contributed by atoms with van der Waals surface area (Å²) >= 11 is 0. The number of nitrogens with one attached hydrogen (secondary N) is 1. The van der Waals surface area contributed by atoms with Gasteiger partial charge in [-0.1, -0.05) is 0 Å². The molecule has 0 aliphatic rings. The van der Waals surface area contributed by atoms with Crippen molar-refractivity contribution in [1.29, 1.82) is 0 Å². The van der Waals surface area contributed by atoms with Gasteiger partial charge in [-0.3, -0.25) is 4.79 Å². The molecule has 1 amide bonds. The number of rotatable bonds is 18. The lowest BCUT2D eigenvalue weighted by Crippen LogP contribution is -2.25. The van der Waals surface area contributed by atoms with Crippen molar-refractivity contribution < 1.29 is 33.2 Å². The molecule has 0 aromatic heterocycles. The van der Waals surface area contributed by atoms with Crippen molar-refractivity contribution in [2.45, 2.75) is 6.92 Å². The van der Waals surface area contributed by atoms with Crippen LogP contribution in [-0.2, 0) is 33.2 Å². The molecule has 0 atom stereocenters. The lowest BCUT2D eigenvalue weighted by molar-refractivity contribution is -0.119. The molecule has 8 heteroatoms. The fourth-order valence-electron chi connectivity index (χ4n) is 1.42. The highest BCUT2D eigenvalue weighted by Crippen LogP contribution is 1.84. The molecule has 0 unspecified atom stereocenters. The van der Waals surface area contributed by atoms with Crippen LogP contribution < -0.4 is 5.32 Å². The van der Waals surface area contributed by atoms with E-state index >= 15 is 0 Å². The van der Waals surface area contributed by atoms with E-state index in [1.165, 1.54) is 6.92 Å². The summed E-state index contributed by atoms with van der Waals surface area (Å²) in [5.74, 6) is -0.0513. The molecule has 0 aromatic rings. The number of carbonyl (C=O) groups excluding carboxylic acids is 1. The van der Waals surface area contributed by atoms with E-state index in [-0.39, 0.29) is 5.91 Å². The number of ether oxygens (including phenoxy) is 6. The average Bonchev–Trinajstić information content (AvgIpc) is 2.53. The standard InChI is InChI=1S/C15H31NO7/c1-15(17)16-3-4-19-7-8-21-11-12-23-14-13-22-10-9-20-6-5-18-2/h3-14H2,1-2H3,(H,16,17). The van der Waals surface area contributed by atoms with Gasteiger partial charge in [0.1, 0.15) is 0 Å². The Hall–Kier alpha value is -0.770. The second kappa shape index (κ2) is 19.3. The van der Waals surface area contributed by atoms with Crippen LogP contribution in [0, 0.1) is 0 Å². The van der Waals surface area contributed by atoms with E-state index in [4.69, 9.17) is 28.4 Å². The van der Waals surface area contributed by atoms with Crippen LogP contribution in [0.25, 0.3) is 0 Å². The average molecular weight is 337 g/mol. The summed E-state index contributed by atoms with van der Waals surface area (Å²) in [7, 11) is 1.64. The van der Waals surface area contributed by atoms with Gasteiger partial charge >= 0.3 is 0 Å². The molecule has 0 saturated heterocycles. The van der Waals surface area contributed by atoms with Crippen LogP contribution in [0.1, 0.15) is 6.92 Å². The summed E-state index contributed by atoms with van der Waals surface area (Å²) in [6.07, 6.45) is 0. The number of carbonyl (C=O) groups is 1. The summed E-state index contributed by atoms with van der Waals surface area (Å²) in [6.45, 7) is 7.95. The van der Waals surface area contributed by atoms with Gasteiger partial charge in [0.15, 0.2) is 0 Å². The van der Waals surface area contributed by atoms with Crippen molar-refractivity contribution in [2.24, 2.45) is 0 Å². The molecule has 1 N–H and O–H groups in total. The second-order valence-corrected chi connectivity index (χ2v) is 4.54. The number of hydrogen-bond acceptors (Lipinski definition) is 7. The topological polar surface area (TPSA) is 84.5 Å². The summed E-state index contributed by atoms with van der Waals surface area (Å²) in [5.41, 5.74) is 0. The van der Waals surface area contributed by atoms with Crippen LogP contribution in [-0.4, -0.2) is 92.2 Å². The van der Waals surface area contributed by atoms with E-state index in [9.17, 15) is 4.79 Å². The maximum atomic E-state index is 10.6. The van der Waals surface area contributed by atoms with E-state index in [1.807, 2.05) is 0 Å². The van der Waals surface area contributed by atoms with E-state index in [1.54, 1.807) is 7.11 Å². The lowest BCUT2D eigenvalue weighted by Gasteiger charge is -2.08. The van der Waals surface area contributed by atoms with Crippen molar-refractivity contribution in [1.82, 2.24) is 5.32 Å². The minimum absolute atomic E-state index is 0.0513. The van der Waals surface area contributed by atoms with Gasteiger partial charge in [-0.15, -0.1) is 0 Å². The molecule has 0 saturated carbocycles. The van der Waals surface area contributed by atoms with E-state index in [2.05, 4.69) is 5.32 Å². The Morgan fingerprint density at radius 2 is 1.00 bits per heavy atom. The van der Waals surface area contributed by atoms with Gasteiger partial charge in [-0.25, -0.2) is 0 Å². The zero-order chi connectivity index (χ0) is 17.0. The summed E-state index contributed by atoms with van der Waals surface area (Å²) in [4.78, 5) is 10.6. The molecule has 0 fully saturated rings. The molecular formula is C15H31NO7. The fourth-order valence-corrected chi connectivity index (χ4v) is 1.42. The Morgan fingerprint density at radius 3 is 1.35 bits per heavy atom. The van der Waals surface area contributed by atoms with Gasteiger partial charge in [0.2, 0.25) is 5.91 Å². The fraction of sp³-hybridized carbons (Fsp3) is 0.933. The molecular weight excluding hydrogens is 306 g/mol. The maximum Gasteiger partial charge on any atom is 0.216 e. The molecule has 0 aliphatic carbocycles. The van der Waals surface area contributed by atoms with Gasteiger partial charge < -0.3 is 33.7 Å². The Kier molecular flexibility index (Phi) is 18.6. The molecule has 0 rings (SSSR count). The van der Waals surface area contributed by atoms with E-state index in [0.717, 1.165) is 0 Å². The van der Waals surface area contributed by atoms with Crippen molar-refractivity contribution in [2.75, 3.05) is 86.3 Å². The summed E-state index contributed by atoms with van der Waals surface area (Å²) < 4.78 is 31.4. The molecule has 0 spiro atoms. The molecule has 0 heterocycles. The second-order valence-electron chi connectivity index (χ2n) is 4.54. The number of hydrogen-bond donors (Lipinski definition) is 1.